The predicted molar refractivity (Wildman–Crippen MR) is 79.8 cm³/mol. The van der Waals surface area contributed by atoms with Gasteiger partial charge in [-0.2, -0.15) is 0 Å². The van der Waals surface area contributed by atoms with Crippen LogP contribution in [0.3, 0.4) is 0 Å². The van der Waals surface area contributed by atoms with Crippen molar-refractivity contribution in [3.63, 3.8) is 0 Å². The summed E-state index contributed by atoms with van der Waals surface area (Å²) >= 11 is 0. The fraction of sp³-hybridized carbons (Fsp3) is 0.462. The van der Waals surface area contributed by atoms with Gasteiger partial charge in [-0.15, -0.1) is 0 Å². The molecule has 0 aliphatic carbocycles. The fourth-order valence-corrected chi connectivity index (χ4v) is 2.08. The lowest BCUT2D eigenvalue weighted by Crippen LogP contribution is -2.47. The Morgan fingerprint density at radius 2 is 1.32 bits per heavy atom. The van der Waals surface area contributed by atoms with Crippen molar-refractivity contribution in [1.29, 1.82) is 0 Å². The van der Waals surface area contributed by atoms with Gasteiger partial charge in [0.1, 0.15) is 5.82 Å². The van der Waals surface area contributed by atoms with E-state index < -0.39 is 29.0 Å². The summed E-state index contributed by atoms with van der Waals surface area (Å²) in [6.45, 7) is 3.46. The van der Waals surface area contributed by atoms with Crippen LogP contribution in [0.15, 0.2) is 9.59 Å². The molecule has 9 heteroatoms. The minimum Gasteiger partial charge on any atom is -0.300 e. The summed E-state index contributed by atoms with van der Waals surface area (Å²) in [6.07, 6.45) is 0. The SMILES string of the molecule is CC(=O)N(C)c1c(N(C(C)=O)C(C)=O)c(=O)n(C)c(=O)n1C. The molecule has 9 nitrogen and oxygen atoms in total. The second-order valence-electron chi connectivity index (χ2n) is 4.83. The quantitative estimate of drug-likeness (QED) is 0.695. The largest absolute Gasteiger partial charge is 0.332 e. The molecule has 0 aliphatic heterocycles. The highest BCUT2D eigenvalue weighted by Crippen LogP contribution is 2.23. The molecular formula is C13H18N4O5. The fourth-order valence-electron chi connectivity index (χ4n) is 2.08. The highest BCUT2D eigenvalue weighted by molar-refractivity contribution is 6.15. The van der Waals surface area contributed by atoms with Crippen LogP contribution in [-0.2, 0) is 28.5 Å². The van der Waals surface area contributed by atoms with Gasteiger partial charge in [0.15, 0.2) is 5.69 Å². The average molecular weight is 310 g/mol. The molecule has 0 aliphatic rings. The molecular weight excluding hydrogens is 292 g/mol. The number of imide groups is 1. The van der Waals surface area contributed by atoms with Gasteiger partial charge in [-0.1, -0.05) is 0 Å². The number of carbonyl (C=O) groups is 3. The van der Waals surface area contributed by atoms with E-state index in [-0.39, 0.29) is 11.5 Å². The zero-order valence-corrected chi connectivity index (χ0v) is 13.3. The van der Waals surface area contributed by atoms with Crippen molar-refractivity contribution in [1.82, 2.24) is 9.13 Å². The molecule has 0 unspecified atom stereocenters. The third kappa shape index (κ3) is 2.69. The number of anilines is 2. The van der Waals surface area contributed by atoms with Crippen LogP contribution in [-0.4, -0.2) is 33.9 Å². The second kappa shape index (κ2) is 5.96. The molecule has 1 aromatic heterocycles. The normalized spacial score (nSPS) is 10.3. The van der Waals surface area contributed by atoms with E-state index in [4.69, 9.17) is 0 Å². The third-order valence-electron chi connectivity index (χ3n) is 3.25. The number of hydrogen-bond donors (Lipinski definition) is 0. The Morgan fingerprint density at radius 1 is 0.864 bits per heavy atom. The maximum atomic E-state index is 12.4. The van der Waals surface area contributed by atoms with Crippen LogP contribution >= 0.6 is 0 Å². The summed E-state index contributed by atoms with van der Waals surface area (Å²) in [7, 11) is 3.92. The van der Waals surface area contributed by atoms with Crippen LogP contribution < -0.4 is 21.0 Å². The van der Waals surface area contributed by atoms with Gasteiger partial charge in [0, 0.05) is 41.9 Å². The first-order valence-electron chi connectivity index (χ1n) is 6.37. The molecule has 0 atom stereocenters. The predicted octanol–water partition coefficient (Wildman–Crippen LogP) is -1.03. The summed E-state index contributed by atoms with van der Waals surface area (Å²) in [6, 6.07) is 0. The number of amides is 3. The summed E-state index contributed by atoms with van der Waals surface area (Å²) in [5.74, 6) is -1.97. The standard InChI is InChI=1S/C13H18N4O5/c1-7(18)14(4)11-10(17(8(2)19)9(3)20)12(21)16(6)13(22)15(11)5/h1-6H3. The molecule has 0 aromatic carbocycles. The average Bonchev–Trinajstić information content (AvgIpc) is 2.41. The van der Waals surface area contributed by atoms with Crippen LogP contribution in [0.4, 0.5) is 11.5 Å². The number of rotatable bonds is 2. The smallest absolute Gasteiger partial charge is 0.300 e. The van der Waals surface area contributed by atoms with E-state index in [1.807, 2.05) is 0 Å². The maximum Gasteiger partial charge on any atom is 0.332 e. The van der Waals surface area contributed by atoms with Gasteiger partial charge in [0.25, 0.3) is 5.56 Å². The minimum absolute atomic E-state index is 0.119. The summed E-state index contributed by atoms with van der Waals surface area (Å²) in [4.78, 5) is 61.3. The van der Waals surface area contributed by atoms with Crippen molar-refractivity contribution in [3.8, 4) is 0 Å². The van der Waals surface area contributed by atoms with Gasteiger partial charge in [0.2, 0.25) is 17.7 Å². The van der Waals surface area contributed by atoms with Crippen LogP contribution in [0.5, 0.6) is 0 Å². The first-order valence-corrected chi connectivity index (χ1v) is 6.37. The zero-order chi connectivity index (χ0) is 17.4. The van der Waals surface area contributed by atoms with E-state index in [1.54, 1.807) is 0 Å². The Bertz CT molecular complexity index is 760. The van der Waals surface area contributed by atoms with Crippen molar-refractivity contribution >= 4 is 29.2 Å². The van der Waals surface area contributed by atoms with E-state index in [1.165, 1.54) is 28.1 Å². The molecule has 0 N–H and O–H groups in total. The molecule has 0 bridgehead atoms. The van der Waals surface area contributed by atoms with Gasteiger partial charge < -0.3 is 0 Å². The molecule has 1 aromatic rings. The van der Waals surface area contributed by atoms with Crippen LogP contribution in [0.2, 0.25) is 0 Å². The van der Waals surface area contributed by atoms with Crippen molar-refractivity contribution in [2.75, 3.05) is 16.8 Å². The lowest BCUT2D eigenvalue weighted by molar-refractivity contribution is -0.124. The van der Waals surface area contributed by atoms with E-state index in [0.29, 0.717) is 4.90 Å². The van der Waals surface area contributed by atoms with Gasteiger partial charge >= 0.3 is 5.69 Å². The maximum absolute atomic E-state index is 12.4. The Balaban J connectivity index is 4.01. The van der Waals surface area contributed by atoms with Crippen LogP contribution in [0.25, 0.3) is 0 Å². The summed E-state index contributed by atoms with van der Waals surface area (Å²) < 4.78 is 1.81. The molecule has 0 fully saturated rings. The van der Waals surface area contributed by atoms with Crippen LogP contribution in [0.1, 0.15) is 20.8 Å². The van der Waals surface area contributed by atoms with Crippen molar-refractivity contribution in [2.24, 2.45) is 14.1 Å². The number of carbonyl (C=O) groups excluding carboxylic acids is 3. The Labute approximate surface area is 126 Å². The minimum atomic E-state index is -0.836. The van der Waals surface area contributed by atoms with Gasteiger partial charge in [0.05, 0.1) is 0 Å². The zero-order valence-electron chi connectivity index (χ0n) is 13.3. The Kier molecular flexibility index (Phi) is 4.70. The molecule has 0 radical (unpaired) electrons. The summed E-state index contributed by atoms with van der Waals surface area (Å²) in [5.41, 5.74) is -1.84. The van der Waals surface area contributed by atoms with Crippen LogP contribution in [0, 0.1) is 0 Å². The molecule has 0 saturated carbocycles. The van der Waals surface area contributed by atoms with Gasteiger partial charge in [-0.25, -0.2) is 9.69 Å². The monoisotopic (exact) mass is 310 g/mol. The Hall–Kier alpha value is -2.71. The van der Waals surface area contributed by atoms with E-state index in [0.717, 1.165) is 27.9 Å². The highest BCUT2D eigenvalue weighted by Gasteiger charge is 2.29. The van der Waals surface area contributed by atoms with E-state index in [2.05, 4.69) is 0 Å². The molecule has 3 amide bonds. The van der Waals surface area contributed by atoms with E-state index >= 15 is 0 Å². The number of hydrogen-bond acceptors (Lipinski definition) is 5. The third-order valence-corrected chi connectivity index (χ3v) is 3.25. The molecule has 22 heavy (non-hydrogen) atoms. The first kappa shape index (κ1) is 17.3. The second-order valence-corrected chi connectivity index (χ2v) is 4.83. The molecule has 0 spiro atoms. The lowest BCUT2D eigenvalue weighted by atomic mass is 10.3. The van der Waals surface area contributed by atoms with Gasteiger partial charge in [-0.05, 0) is 0 Å². The lowest BCUT2D eigenvalue weighted by Gasteiger charge is -2.26. The van der Waals surface area contributed by atoms with Crippen molar-refractivity contribution in [3.05, 3.63) is 20.8 Å². The number of nitrogens with zero attached hydrogens (tertiary/aromatic N) is 4. The molecule has 120 valence electrons. The van der Waals surface area contributed by atoms with Crippen molar-refractivity contribution in [2.45, 2.75) is 20.8 Å². The Morgan fingerprint density at radius 3 is 1.68 bits per heavy atom. The highest BCUT2D eigenvalue weighted by atomic mass is 16.2. The number of aromatic nitrogens is 2. The van der Waals surface area contributed by atoms with Gasteiger partial charge in [-0.3, -0.25) is 33.2 Å². The topological polar surface area (TPSA) is 102 Å². The molecule has 1 heterocycles. The first-order chi connectivity index (χ1) is 10.0. The van der Waals surface area contributed by atoms with E-state index in [9.17, 15) is 24.0 Å². The molecule has 0 saturated heterocycles. The van der Waals surface area contributed by atoms with Crippen molar-refractivity contribution < 1.29 is 14.4 Å². The summed E-state index contributed by atoms with van der Waals surface area (Å²) in [5, 5.41) is 0. The molecule has 1 rings (SSSR count).